The van der Waals surface area contributed by atoms with E-state index in [1.807, 2.05) is 18.2 Å². The molecule has 3 aromatic rings. The van der Waals surface area contributed by atoms with Crippen molar-refractivity contribution in [3.8, 4) is 0 Å². The minimum absolute atomic E-state index is 0.335. The zero-order chi connectivity index (χ0) is 16.1. The molecule has 0 unspecified atom stereocenters. The minimum atomic E-state index is -0.335. The summed E-state index contributed by atoms with van der Waals surface area (Å²) < 4.78 is 19.0. The highest BCUT2D eigenvalue weighted by Gasteiger charge is 2.07. The van der Waals surface area contributed by atoms with Gasteiger partial charge in [-0.15, -0.1) is 0 Å². The Morgan fingerprint density at radius 3 is 2.70 bits per heavy atom. The lowest BCUT2D eigenvalue weighted by atomic mass is 10.1. The normalized spacial score (nSPS) is 10.9. The fourth-order valence-corrected chi connectivity index (χ4v) is 2.61. The van der Waals surface area contributed by atoms with Crippen LogP contribution in [0.15, 0.2) is 48.8 Å². The Hall–Kier alpha value is -2.53. The number of nitrogens with one attached hydrogen (secondary N) is 1. The first-order valence-electron chi connectivity index (χ1n) is 7.48. The molecule has 3 rings (SSSR count). The summed E-state index contributed by atoms with van der Waals surface area (Å²) in [6.07, 6.45) is 2.22. The number of hydrogen-bond donors (Lipinski definition) is 1. The van der Waals surface area contributed by atoms with Crippen molar-refractivity contribution < 1.29 is 9.13 Å². The molecular weight excluding hydrogens is 293 g/mol. The monoisotopic (exact) mass is 311 g/mol. The molecule has 0 saturated carbocycles. The summed E-state index contributed by atoms with van der Waals surface area (Å²) in [7, 11) is 1.69. The van der Waals surface area contributed by atoms with Crippen molar-refractivity contribution in [1.29, 1.82) is 0 Å². The fraction of sp³-hybridized carbons (Fsp3) is 0.222. The van der Waals surface area contributed by atoms with E-state index < -0.39 is 0 Å². The Morgan fingerprint density at radius 1 is 1.04 bits per heavy atom. The highest BCUT2D eigenvalue weighted by Crippen LogP contribution is 2.21. The number of ether oxygens (including phenoxy) is 1. The smallest absolute Gasteiger partial charge is 0.149 e. The van der Waals surface area contributed by atoms with Crippen LogP contribution in [-0.2, 0) is 17.8 Å². The Balaban J connectivity index is 1.74. The lowest BCUT2D eigenvalue weighted by Crippen LogP contribution is -2.09. The molecule has 0 amide bonds. The van der Waals surface area contributed by atoms with Gasteiger partial charge in [-0.2, -0.15) is 0 Å². The Bertz CT molecular complexity index is 807. The second kappa shape index (κ2) is 7.15. The number of anilines is 1. The van der Waals surface area contributed by atoms with E-state index in [4.69, 9.17) is 4.74 Å². The van der Waals surface area contributed by atoms with Gasteiger partial charge in [0.05, 0.1) is 6.61 Å². The van der Waals surface area contributed by atoms with Crippen molar-refractivity contribution in [2.24, 2.45) is 0 Å². The number of nitrogens with zero attached hydrogens (tertiary/aromatic N) is 2. The molecule has 0 bridgehead atoms. The quantitative estimate of drug-likeness (QED) is 0.756. The van der Waals surface area contributed by atoms with E-state index in [9.17, 15) is 4.39 Å². The molecule has 0 saturated heterocycles. The molecule has 2 aromatic carbocycles. The molecule has 5 heteroatoms. The molecule has 0 aliphatic heterocycles. The van der Waals surface area contributed by atoms with Crippen LogP contribution in [0.1, 0.15) is 11.1 Å². The van der Waals surface area contributed by atoms with Gasteiger partial charge < -0.3 is 10.1 Å². The van der Waals surface area contributed by atoms with Gasteiger partial charge in [0.1, 0.15) is 23.5 Å². The second-order valence-electron chi connectivity index (χ2n) is 5.24. The molecule has 1 heterocycles. The Morgan fingerprint density at radius 2 is 1.87 bits per heavy atom. The molecule has 0 radical (unpaired) electrons. The average molecular weight is 311 g/mol. The van der Waals surface area contributed by atoms with Gasteiger partial charge in [-0.05, 0) is 29.7 Å². The van der Waals surface area contributed by atoms with Crippen molar-refractivity contribution in [1.82, 2.24) is 9.97 Å². The molecule has 0 spiro atoms. The van der Waals surface area contributed by atoms with Gasteiger partial charge in [-0.1, -0.05) is 30.3 Å². The summed E-state index contributed by atoms with van der Waals surface area (Å²) in [5, 5.41) is 3.97. The molecule has 0 fully saturated rings. The molecule has 23 heavy (non-hydrogen) atoms. The first kappa shape index (κ1) is 15.4. The van der Waals surface area contributed by atoms with Crippen LogP contribution in [0.25, 0.3) is 10.9 Å². The lowest BCUT2D eigenvalue weighted by molar-refractivity contribution is 0.184. The van der Waals surface area contributed by atoms with Crippen molar-refractivity contribution >= 4 is 16.7 Å². The zero-order valence-electron chi connectivity index (χ0n) is 12.9. The van der Waals surface area contributed by atoms with Crippen LogP contribution in [0.3, 0.4) is 0 Å². The van der Waals surface area contributed by atoms with E-state index in [0.29, 0.717) is 29.9 Å². The minimum Gasteiger partial charge on any atom is -0.380 e. The highest BCUT2D eigenvalue weighted by molar-refractivity contribution is 5.89. The van der Waals surface area contributed by atoms with E-state index in [2.05, 4.69) is 27.4 Å². The number of aromatic nitrogens is 2. The summed E-state index contributed by atoms with van der Waals surface area (Å²) in [6, 6.07) is 13.1. The number of para-hydroxylation sites is 1. The predicted octanol–water partition coefficient (Wildman–Crippen LogP) is 3.57. The summed E-state index contributed by atoms with van der Waals surface area (Å²) in [6.45, 7) is 1.29. The number of benzene rings is 2. The molecule has 0 aliphatic rings. The van der Waals surface area contributed by atoms with Crippen LogP contribution in [0.5, 0.6) is 0 Å². The molecule has 1 aromatic heterocycles. The Labute approximate surface area is 134 Å². The average Bonchev–Trinajstić information content (AvgIpc) is 2.57. The van der Waals surface area contributed by atoms with Crippen LogP contribution in [0, 0.1) is 5.82 Å². The van der Waals surface area contributed by atoms with E-state index in [1.54, 1.807) is 13.2 Å². The third kappa shape index (κ3) is 3.46. The van der Waals surface area contributed by atoms with Crippen LogP contribution >= 0.6 is 0 Å². The molecule has 4 nitrogen and oxygen atoms in total. The van der Waals surface area contributed by atoms with Crippen molar-refractivity contribution in [3.05, 3.63) is 65.7 Å². The maximum Gasteiger partial charge on any atom is 0.149 e. The van der Waals surface area contributed by atoms with Crippen LogP contribution in [-0.4, -0.2) is 23.6 Å². The third-order valence-corrected chi connectivity index (χ3v) is 3.72. The third-order valence-electron chi connectivity index (χ3n) is 3.72. The summed E-state index contributed by atoms with van der Waals surface area (Å²) in [5.41, 5.74) is 2.74. The van der Waals surface area contributed by atoms with Crippen LogP contribution < -0.4 is 5.32 Å². The number of rotatable bonds is 6. The number of fused-ring (bicyclic) bond motifs is 1. The fourth-order valence-electron chi connectivity index (χ4n) is 2.61. The Kier molecular flexibility index (Phi) is 4.78. The van der Waals surface area contributed by atoms with E-state index in [1.165, 1.54) is 23.5 Å². The summed E-state index contributed by atoms with van der Waals surface area (Å²) >= 11 is 0. The molecule has 1 N–H and O–H groups in total. The zero-order valence-corrected chi connectivity index (χ0v) is 12.9. The van der Waals surface area contributed by atoms with E-state index >= 15 is 0 Å². The molecule has 0 aliphatic carbocycles. The van der Waals surface area contributed by atoms with Gasteiger partial charge in [-0.3, -0.25) is 0 Å². The summed E-state index contributed by atoms with van der Waals surface area (Å²) in [4.78, 5) is 8.23. The van der Waals surface area contributed by atoms with Gasteiger partial charge in [0.2, 0.25) is 0 Å². The first-order chi connectivity index (χ1) is 11.3. The molecular formula is C18H18FN3O. The van der Waals surface area contributed by atoms with Gasteiger partial charge >= 0.3 is 0 Å². The maximum absolute atomic E-state index is 13.8. The number of methoxy groups -OCH3 is 1. The van der Waals surface area contributed by atoms with Crippen molar-refractivity contribution in [2.75, 3.05) is 19.0 Å². The topological polar surface area (TPSA) is 47.0 Å². The predicted molar refractivity (Wildman–Crippen MR) is 88.8 cm³/mol. The maximum atomic E-state index is 13.8. The largest absolute Gasteiger partial charge is 0.380 e. The second-order valence-corrected chi connectivity index (χ2v) is 5.24. The van der Waals surface area contributed by atoms with Crippen LogP contribution in [0.4, 0.5) is 10.2 Å². The highest BCUT2D eigenvalue weighted by atomic mass is 19.1. The lowest BCUT2D eigenvalue weighted by Gasteiger charge is -2.11. The molecule has 0 atom stereocenters. The van der Waals surface area contributed by atoms with Crippen molar-refractivity contribution in [3.63, 3.8) is 0 Å². The van der Waals surface area contributed by atoms with Gasteiger partial charge in [0.25, 0.3) is 0 Å². The van der Waals surface area contributed by atoms with Gasteiger partial charge in [0, 0.05) is 19.0 Å². The summed E-state index contributed by atoms with van der Waals surface area (Å²) in [5.74, 6) is 0.317. The standard InChI is InChI=1S/C18H18FN3O/c1-23-11-14-6-3-2-5-13(14)9-10-20-18-15-7-4-8-16(19)17(15)21-12-22-18/h2-8,12H,9-11H2,1H3,(H,20,21,22). The SMILES string of the molecule is COCc1ccccc1CCNc1ncnc2c(F)cccc12. The van der Waals surface area contributed by atoms with E-state index in [-0.39, 0.29) is 5.82 Å². The number of hydrogen-bond acceptors (Lipinski definition) is 4. The van der Waals surface area contributed by atoms with Crippen LogP contribution in [0.2, 0.25) is 0 Å². The van der Waals surface area contributed by atoms with Gasteiger partial charge in [-0.25, -0.2) is 14.4 Å². The molecule has 118 valence electrons. The first-order valence-corrected chi connectivity index (χ1v) is 7.48. The van der Waals surface area contributed by atoms with E-state index in [0.717, 1.165) is 6.42 Å². The van der Waals surface area contributed by atoms with Gasteiger partial charge in [0.15, 0.2) is 0 Å². The van der Waals surface area contributed by atoms with Crippen molar-refractivity contribution in [2.45, 2.75) is 13.0 Å². The number of halogens is 1.